The molecule has 0 spiro atoms. The summed E-state index contributed by atoms with van der Waals surface area (Å²) in [6.45, 7) is 0. The molecule has 0 aromatic heterocycles. The maximum Gasteiger partial charge on any atom is 0.149 e. The van der Waals surface area contributed by atoms with Gasteiger partial charge in [0.15, 0.2) is 0 Å². The van der Waals surface area contributed by atoms with Crippen molar-refractivity contribution in [3.63, 3.8) is 0 Å². The quantitative estimate of drug-likeness (QED) is 0.337. The van der Waals surface area contributed by atoms with Crippen molar-refractivity contribution in [2.45, 2.75) is 0 Å². The lowest BCUT2D eigenvalue weighted by atomic mass is 9.97. The van der Waals surface area contributed by atoms with Crippen LogP contribution < -0.4 is 16.0 Å². The van der Waals surface area contributed by atoms with Crippen molar-refractivity contribution in [3.8, 4) is 11.1 Å². The first-order chi connectivity index (χ1) is 14.2. The first-order valence-electron chi connectivity index (χ1n) is 9.58. The van der Waals surface area contributed by atoms with Gasteiger partial charge in [0.25, 0.3) is 0 Å². The molecule has 4 aromatic carbocycles. The van der Waals surface area contributed by atoms with Crippen LogP contribution in [0.3, 0.4) is 0 Å². The minimum absolute atomic E-state index is 0.0743. The van der Waals surface area contributed by atoms with Crippen LogP contribution in [0, 0.1) is 0 Å². The Morgan fingerprint density at radius 3 is 1.62 bits per heavy atom. The van der Waals surface area contributed by atoms with Crippen molar-refractivity contribution in [2.24, 2.45) is 0 Å². The van der Waals surface area contributed by atoms with E-state index in [0.717, 1.165) is 21.7 Å². The number of hydrogen-bond acceptors (Lipinski definition) is 1. The summed E-state index contributed by atoms with van der Waals surface area (Å²) in [7, 11) is -3.04. The molecular formula is C26H21NOP. The van der Waals surface area contributed by atoms with E-state index >= 15 is 0 Å². The van der Waals surface area contributed by atoms with Gasteiger partial charge < -0.3 is 4.57 Å². The monoisotopic (exact) mass is 394 g/mol. The summed E-state index contributed by atoms with van der Waals surface area (Å²) in [4.78, 5) is 0. The summed E-state index contributed by atoms with van der Waals surface area (Å²) >= 11 is 0. The zero-order valence-corrected chi connectivity index (χ0v) is 16.9. The summed E-state index contributed by atoms with van der Waals surface area (Å²) in [5.74, 6) is 0. The maximum atomic E-state index is 14.3. The van der Waals surface area contributed by atoms with Gasteiger partial charge in [0.05, 0.1) is 11.9 Å². The highest BCUT2D eigenvalue weighted by molar-refractivity contribution is 7.79. The smallest absolute Gasteiger partial charge is 0.149 e. The average Bonchev–Trinajstić information content (AvgIpc) is 2.80. The van der Waals surface area contributed by atoms with Crippen molar-refractivity contribution < 1.29 is 4.57 Å². The third kappa shape index (κ3) is 3.99. The summed E-state index contributed by atoms with van der Waals surface area (Å²) in [5, 5.41) is 12.7. The molecule has 3 heteroatoms. The third-order valence-electron chi connectivity index (χ3n) is 5.04. The Kier molecular flexibility index (Phi) is 5.55. The molecule has 0 aliphatic heterocycles. The van der Waals surface area contributed by atoms with Gasteiger partial charge in [0, 0.05) is 16.2 Å². The molecule has 2 nitrogen and oxygen atoms in total. The molecule has 0 fully saturated rings. The van der Waals surface area contributed by atoms with E-state index in [1.165, 1.54) is 0 Å². The molecule has 0 saturated heterocycles. The van der Waals surface area contributed by atoms with Crippen LogP contribution in [0.15, 0.2) is 115 Å². The Balaban J connectivity index is 1.77. The predicted molar refractivity (Wildman–Crippen MR) is 123 cm³/mol. The lowest BCUT2D eigenvalue weighted by Gasteiger charge is -2.20. The molecule has 0 bridgehead atoms. The van der Waals surface area contributed by atoms with Gasteiger partial charge in [-0.05, 0) is 11.1 Å². The minimum atomic E-state index is -3.04. The highest BCUT2D eigenvalue weighted by Gasteiger charge is 2.30. The van der Waals surface area contributed by atoms with Gasteiger partial charge in [-0.1, -0.05) is 115 Å². The van der Waals surface area contributed by atoms with Gasteiger partial charge >= 0.3 is 0 Å². The van der Waals surface area contributed by atoms with Crippen LogP contribution in [-0.2, 0) is 4.57 Å². The fraction of sp³-hybridized carbons (Fsp3) is 0.0385. The topological polar surface area (TPSA) is 39.4 Å². The van der Waals surface area contributed by atoms with Gasteiger partial charge in [-0.3, -0.25) is 0 Å². The van der Waals surface area contributed by atoms with Crippen LogP contribution in [0.1, 0.15) is 5.56 Å². The third-order valence-corrected chi connectivity index (χ3v) is 8.05. The van der Waals surface area contributed by atoms with Gasteiger partial charge in [-0.15, -0.1) is 0 Å². The Labute approximate surface area is 171 Å². The van der Waals surface area contributed by atoms with Crippen LogP contribution in [0.4, 0.5) is 0 Å². The highest BCUT2D eigenvalue weighted by atomic mass is 31.2. The van der Waals surface area contributed by atoms with Crippen LogP contribution in [0.25, 0.3) is 11.1 Å². The van der Waals surface area contributed by atoms with E-state index in [1.54, 1.807) is 0 Å². The molecular weight excluding hydrogens is 373 g/mol. The van der Waals surface area contributed by atoms with Gasteiger partial charge in [0.1, 0.15) is 7.14 Å². The summed E-state index contributed by atoms with van der Waals surface area (Å²) in [6.07, 6.45) is 0.0743. The second-order valence-electron chi connectivity index (χ2n) is 6.93. The van der Waals surface area contributed by atoms with Gasteiger partial charge in [-0.25, -0.2) is 0 Å². The molecule has 4 aromatic rings. The molecule has 1 radical (unpaired) electrons. The fourth-order valence-electron chi connectivity index (χ4n) is 3.57. The highest BCUT2D eigenvalue weighted by Crippen LogP contribution is 2.44. The number of benzene rings is 4. The van der Waals surface area contributed by atoms with Crippen molar-refractivity contribution in [1.82, 2.24) is 5.41 Å². The van der Waals surface area contributed by atoms with Crippen molar-refractivity contribution in [2.75, 3.05) is 6.16 Å². The van der Waals surface area contributed by atoms with Crippen LogP contribution in [0.5, 0.6) is 0 Å². The molecule has 29 heavy (non-hydrogen) atoms. The van der Waals surface area contributed by atoms with E-state index < -0.39 is 7.14 Å². The number of hydrogen-bond donors (Lipinski definition) is 0. The predicted octanol–water partition coefficient (Wildman–Crippen LogP) is 4.96. The lowest BCUT2D eigenvalue weighted by Crippen LogP contribution is -2.23. The Morgan fingerprint density at radius 1 is 0.621 bits per heavy atom. The maximum absolute atomic E-state index is 14.3. The molecule has 0 aliphatic rings. The normalized spacial score (nSPS) is 11.2. The van der Waals surface area contributed by atoms with E-state index in [9.17, 15) is 9.97 Å². The first-order valence-corrected chi connectivity index (χ1v) is 11.5. The number of nitrogens with zero attached hydrogens (tertiary/aromatic N) is 1. The fourth-order valence-corrected chi connectivity index (χ4v) is 6.13. The summed E-state index contributed by atoms with van der Waals surface area (Å²) < 4.78 is 14.3. The Hall–Kier alpha value is -3.22. The largest absolute Gasteiger partial charge is 0.313 e. The molecule has 141 valence electrons. The minimum Gasteiger partial charge on any atom is -0.313 e. The van der Waals surface area contributed by atoms with Gasteiger partial charge in [-0.2, -0.15) is 5.41 Å². The van der Waals surface area contributed by atoms with E-state index in [4.69, 9.17) is 0 Å². The molecule has 0 heterocycles. The zero-order valence-electron chi connectivity index (χ0n) is 16.0. The lowest BCUT2D eigenvalue weighted by molar-refractivity contribution is 0.589. The molecule has 0 amide bonds. The molecule has 4 rings (SSSR count). The van der Waals surface area contributed by atoms with Crippen LogP contribution in [-0.4, -0.2) is 11.9 Å². The molecule has 0 saturated carbocycles. The molecule has 0 aliphatic carbocycles. The van der Waals surface area contributed by atoms with Crippen molar-refractivity contribution >= 4 is 23.5 Å². The Morgan fingerprint density at radius 2 is 1.07 bits per heavy atom. The summed E-state index contributed by atoms with van der Waals surface area (Å²) in [6, 6.07) is 36.6. The second-order valence-corrected chi connectivity index (χ2v) is 9.76. The van der Waals surface area contributed by atoms with Gasteiger partial charge in [0.2, 0.25) is 0 Å². The average molecular weight is 394 g/mol. The van der Waals surface area contributed by atoms with E-state index in [2.05, 4.69) is 0 Å². The first kappa shape index (κ1) is 19.1. The van der Waals surface area contributed by atoms with E-state index in [0.29, 0.717) is 5.56 Å². The van der Waals surface area contributed by atoms with E-state index in [1.807, 2.05) is 115 Å². The van der Waals surface area contributed by atoms with Crippen LogP contribution >= 0.6 is 7.14 Å². The zero-order chi connectivity index (χ0) is 20.1. The van der Waals surface area contributed by atoms with Crippen molar-refractivity contribution in [1.29, 1.82) is 0 Å². The Bertz CT molecular complexity index is 1110. The summed E-state index contributed by atoms with van der Waals surface area (Å²) in [5.41, 5.74) is 2.80. The standard InChI is InChI=1S/C26H21NOP/c27-26(25-19-11-10-18-24(25)21-12-4-1-5-13-21)20-29(28,22-14-6-2-7-15-22)23-16-8-3-9-17-23/h1-19H,20H2. The molecule has 0 atom stereocenters. The number of rotatable bonds is 6. The van der Waals surface area contributed by atoms with Crippen molar-refractivity contribution in [3.05, 3.63) is 121 Å². The second kappa shape index (κ2) is 8.43. The van der Waals surface area contributed by atoms with Crippen LogP contribution in [0.2, 0.25) is 0 Å². The molecule has 0 unspecified atom stereocenters. The van der Waals surface area contributed by atoms with E-state index in [-0.39, 0.29) is 11.9 Å². The molecule has 0 N–H and O–H groups in total. The SMILES string of the molecule is [N]=C(CP(=O)(c1ccccc1)c1ccccc1)c1ccccc1-c1ccccc1.